The zero-order valence-electron chi connectivity index (χ0n) is 17.7. The Morgan fingerprint density at radius 3 is 2.47 bits per heavy atom. The molecule has 6 nitrogen and oxygen atoms in total. The predicted octanol–water partition coefficient (Wildman–Crippen LogP) is 5.02. The van der Waals surface area contributed by atoms with Crippen LogP contribution in [0.4, 0.5) is 9.18 Å². The lowest BCUT2D eigenvalue weighted by atomic mass is 9.90. The fourth-order valence-electron chi connectivity index (χ4n) is 3.20. The molecule has 1 amide bonds. The van der Waals surface area contributed by atoms with Gasteiger partial charge in [0, 0.05) is 11.1 Å². The summed E-state index contributed by atoms with van der Waals surface area (Å²) in [7, 11) is 0. The largest absolute Gasteiger partial charge is 0.481 e. The first-order valence-electron chi connectivity index (χ1n) is 9.44. The molecule has 0 aliphatic heterocycles. The summed E-state index contributed by atoms with van der Waals surface area (Å²) in [6.07, 6.45) is -1.37. The van der Waals surface area contributed by atoms with Crippen LogP contribution in [0.3, 0.4) is 0 Å². The molecule has 0 aromatic heterocycles. The van der Waals surface area contributed by atoms with Gasteiger partial charge in [-0.15, -0.1) is 0 Å². The van der Waals surface area contributed by atoms with Gasteiger partial charge in [0.05, 0.1) is 24.1 Å². The molecule has 1 unspecified atom stereocenters. The molecular weight excluding hydrogens is 387 g/mol. The van der Waals surface area contributed by atoms with Gasteiger partial charge in [0.15, 0.2) is 0 Å². The van der Waals surface area contributed by atoms with E-state index in [2.05, 4.69) is 11.4 Å². The van der Waals surface area contributed by atoms with Crippen molar-refractivity contribution < 1.29 is 23.8 Å². The number of aliphatic carboxylic acids is 1. The minimum Gasteiger partial charge on any atom is -0.481 e. The number of nitrogens with zero attached hydrogens (tertiary/aromatic N) is 1. The third kappa shape index (κ3) is 5.57. The van der Waals surface area contributed by atoms with Gasteiger partial charge < -0.3 is 15.2 Å². The number of ether oxygens (including phenoxy) is 1. The van der Waals surface area contributed by atoms with Gasteiger partial charge in [0.2, 0.25) is 0 Å². The normalized spacial score (nSPS) is 12.0. The predicted molar refractivity (Wildman–Crippen MR) is 110 cm³/mol. The number of aryl methyl sites for hydroxylation is 2. The van der Waals surface area contributed by atoms with Gasteiger partial charge in [-0.1, -0.05) is 12.1 Å². The van der Waals surface area contributed by atoms with Gasteiger partial charge in [0.25, 0.3) is 0 Å². The molecule has 158 valence electrons. The second-order valence-corrected chi connectivity index (χ2v) is 8.10. The summed E-state index contributed by atoms with van der Waals surface area (Å²) in [6.45, 7) is 8.41. The third-order valence-corrected chi connectivity index (χ3v) is 4.41. The number of carboxylic acids is 1. The van der Waals surface area contributed by atoms with Crippen molar-refractivity contribution in [2.75, 3.05) is 0 Å². The van der Waals surface area contributed by atoms with Crippen LogP contribution in [0.25, 0.3) is 11.1 Å². The SMILES string of the molecule is Cc1cc(-c2c(C)cccc2C#N)cc(C(CC(=O)O)NC(=O)OC(C)(C)C)c1F. The molecule has 0 saturated heterocycles. The van der Waals surface area contributed by atoms with E-state index < -0.39 is 35.9 Å². The van der Waals surface area contributed by atoms with E-state index in [4.69, 9.17) is 4.74 Å². The van der Waals surface area contributed by atoms with Gasteiger partial charge >= 0.3 is 12.1 Å². The maximum Gasteiger partial charge on any atom is 0.408 e. The number of benzene rings is 2. The summed E-state index contributed by atoms with van der Waals surface area (Å²) < 4.78 is 20.2. The van der Waals surface area contributed by atoms with Crippen molar-refractivity contribution >= 4 is 12.1 Å². The van der Waals surface area contributed by atoms with Crippen LogP contribution in [0.1, 0.15) is 55.5 Å². The number of carbonyl (C=O) groups excluding carboxylic acids is 1. The fraction of sp³-hybridized carbons (Fsp3) is 0.348. The summed E-state index contributed by atoms with van der Waals surface area (Å²) in [5, 5.41) is 21.2. The highest BCUT2D eigenvalue weighted by Crippen LogP contribution is 2.33. The van der Waals surface area contributed by atoms with E-state index in [-0.39, 0.29) is 11.1 Å². The zero-order chi connectivity index (χ0) is 22.6. The molecule has 1 atom stereocenters. The fourth-order valence-corrected chi connectivity index (χ4v) is 3.20. The highest BCUT2D eigenvalue weighted by molar-refractivity contribution is 5.76. The Labute approximate surface area is 175 Å². The highest BCUT2D eigenvalue weighted by Gasteiger charge is 2.26. The van der Waals surface area contributed by atoms with Crippen molar-refractivity contribution in [1.82, 2.24) is 5.32 Å². The van der Waals surface area contributed by atoms with E-state index in [0.717, 1.165) is 5.56 Å². The van der Waals surface area contributed by atoms with Crippen LogP contribution in [0, 0.1) is 31.0 Å². The van der Waals surface area contributed by atoms with Gasteiger partial charge in [0.1, 0.15) is 11.4 Å². The zero-order valence-corrected chi connectivity index (χ0v) is 17.7. The lowest BCUT2D eigenvalue weighted by Crippen LogP contribution is -2.36. The summed E-state index contributed by atoms with van der Waals surface area (Å²) in [5.41, 5.74) is 1.94. The highest BCUT2D eigenvalue weighted by atomic mass is 19.1. The molecule has 0 fully saturated rings. The molecule has 30 heavy (non-hydrogen) atoms. The quantitative estimate of drug-likeness (QED) is 0.718. The van der Waals surface area contributed by atoms with Crippen LogP contribution in [-0.4, -0.2) is 22.8 Å². The van der Waals surface area contributed by atoms with Crippen LogP contribution in [0.2, 0.25) is 0 Å². The van der Waals surface area contributed by atoms with Gasteiger partial charge in [-0.25, -0.2) is 9.18 Å². The molecular formula is C23H25FN2O4. The lowest BCUT2D eigenvalue weighted by Gasteiger charge is -2.24. The van der Waals surface area contributed by atoms with E-state index >= 15 is 4.39 Å². The average molecular weight is 412 g/mol. The Morgan fingerprint density at radius 1 is 1.23 bits per heavy atom. The molecule has 2 aromatic rings. The van der Waals surface area contributed by atoms with E-state index in [1.54, 1.807) is 45.9 Å². The van der Waals surface area contributed by atoms with Crippen molar-refractivity contribution in [3.05, 3.63) is 58.4 Å². The van der Waals surface area contributed by atoms with Crippen molar-refractivity contribution in [2.24, 2.45) is 0 Å². The van der Waals surface area contributed by atoms with E-state index in [1.807, 2.05) is 13.0 Å². The second kappa shape index (κ2) is 8.95. The Hall–Kier alpha value is -3.40. The summed E-state index contributed by atoms with van der Waals surface area (Å²) in [6, 6.07) is 9.32. The van der Waals surface area contributed by atoms with Gasteiger partial charge in [-0.3, -0.25) is 4.79 Å². The first-order valence-corrected chi connectivity index (χ1v) is 9.44. The molecule has 0 radical (unpaired) electrons. The standard InChI is InChI=1S/C23H25FN2O4/c1-13-7-6-8-15(12-25)20(13)16-9-14(2)21(24)17(10-16)18(11-19(27)28)26-22(29)30-23(3,4)5/h6-10,18H,11H2,1-5H3,(H,26,29)(H,27,28). The summed E-state index contributed by atoms with van der Waals surface area (Å²) in [4.78, 5) is 23.6. The molecule has 0 aliphatic rings. The van der Waals surface area contributed by atoms with Gasteiger partial charge in [-0.05, 0) is 69.5 Å². The molecule has 2 N–H and O–H groups in total. The molecule has 0 saturated carbocycles. The lowest BCUT2D eigenvalue weighted by molar-refractivity contribution is -0.137. The number of carbonyl (C=O) groups is 2. The van der Waals surface area contributed by atoms with Crippen LogP contribution < -0.4 is 5.32 Å². The van der Waals surface area contributed by atoms with Crippen molar-refractivity contribution in [1.29, 1.82) is 5.26 Å². The van der Waals surface area contributed by atoms with Gasteiger partial charge in [-0.2, -0.15) is 5.26 Å². The average Bonchev–Trinajstić information content (AvgIpc) is 2.61. The molecule has 0 spiro atoms. The van der Waals surface area contributed by atoms with Crippen LogP contribution in [0.5, 0.6) is 0 Å². The number of hydrogen-bond acceptors (Lipinski definition) is 4. The number of carboxylic acid groups (broad SMARTS) is 1. The topological polar surface area (TPSA) is 99.4 Å². The van der Waals surface area contributed by atoms with E-state index in [9.17, 15) is 20.0 Å². The number of amides is 1. The number of nitrogens with one attached hydrogen (secondary N) is 1. The van der Waals surface area contributed by atoms with Crippen molar-refractivity contribution in [3.63, 3.8) is 0 Å². The third-order valence-electron chi connectivity index (χ3n) is 4.41. The first-order chi connectivity index (χ1) is 13.9. The molecule has 2 rings (SSSR count). The monoisotopic (exact) mass is 412 g/mol. The Kier molecular flexibility index (Phi) is 6.83. The minimum atomic E-state index is -1.20. The van der Waals surface area contributed by atoms with Crippen molar-refractivity contribution in [3.8, 4) is 17.2 Å². The Balaban J connectivity index is 2.59. The van der Waals surface area contributed by atoms with E-state index in [0.29, 0.717) is 16.7 Å². The number of rotatable bonds is 5. The Morgan fingerprint density at radius 2 is 1.90 bits per heavy atom. The van der Waals surface area contributed by atoms with Crippen LogP contribution >= 0.6 is 0 Å². The molecule has 2 aromatic carbocycles. The number of hydrogen-bond donors (Lipinski definition) is 2. The number of alkyl carbamates (subject to hydrolysis) is 1. The number of nitriles is 1. The van der Waals surface area contributed by atoms with E-state index in [1.165, 1.54) is 6.07 Å². The molecule has 0 bridgehead atoms. The van der Waals surface area contributed by atoms with Crippen LogP contribution in [0.15, 0.2) is 30.3 Å². The molecule has 7 heteroatoms. The molecule has 0 aliphatic carbocycles. The van der Waals surface area contributed by atoms with Crippen LogP contribution in [-0.2, 0) is 9.53 Å². The number of halogens is 1. The second-order valence-electron chi connectivity index (χ2n) is 8.10. The molecule has 0 heterocycles. The maximum atomic E-state index is 15.0. The summed E-state index contributed by atoms with van der Waals surface area (Å²) in [5.74, 6) is -1.82. The summed E-state index contributed by atoms with van der Waals surface area (Å²) >= 11 is 0. The Bertz CT molecular complexity index is 1020. The van der Waals surface area contributed by atoms with Crippen molar-refractivity contribution in [2.45, 2.75) is 52.7 Å². The first kappa shape index (κ1) is 22.9. The minimum absolute atomic E-state index is 0.0189. The smallest absolute Gasteiger partial charge is 0.408 e. The maximum absolute atomic E-state index is 15.0.